The maximum Gasteiger partial charge on any atom is 0.203 e. The van der Waals surface area contributed by atoms with Crippen LogP contribution >= 0.6 is 12.4 Å². The second kappa shape index (κ2) is 9.08. The zero-order chi connectivity index (χ0) is 15.2. The fraction of sp³-hybridized carbons (Fsp3) is 0.625. The normalized spacial score (nSPS) is 18.5. The lowest BCUT2D eigenvalue weighted by Gasteiger charge is -2.35. The van der Waals surface area contributed by atoms with Gasteiger partial charge in [0, 0.05) is 19.1 Å². The van der Waals surface area contributed by atoms with E-state index in [9.17, 15) is 0 Å². The maximum absolute atomic E-state index is 5.89. The van der Waals surface area contributed by atoms with E-state index >= 15 is 0 Å². The van der Waals surface area contributed by atoms with E-state index in [1.165, 1.54) is 19.3 Å². The maximum atomic E-state index is 5.89. The molecule has 1 aliphatic rings. The van der Waals surface area contributed by atoms with E-state index in [0.29, 0.717) is 29.8 Å². The molecule has 0 bridgehead atoms. The minimum atomic E-state index is 0. The number of likely N-dealkylation sites (tertiary alicyclic amines) is 1. The lowest BCUT2D eigenvalue weighted by Crippen LogP contribution is -2.43. The van der Waals surface area contributed by atoms with Crippen LogP contribution in [0.25, 0.3) is 0 Å². The Balaban J connectivity index is 0.00000242. The molecule has 1 fully saturated rings. The van der Waals surface area contributed by atoms with Crippen molar-refractivity contribution in [1.29, 1.82) is 0 Å². The van der Waals surface area contributed by atoms with E-state index in [1.54, 1.807) is 21.3 Å². The Kier molecular flexibility index (Phi) is 7.79. The molecular formula is C16H27ClN2O3. The zero-order valence-electron chi connectivity index (χ0n) is 13.6. The van der Waals surface area contributed by atoms with Crippen molar-refractivity contribution in [3.8, 4) is 17.2 Å². The molecule has 126 valence electrons. The first kappa shape index (κ1) is 18.9. The molecule has 1 aromatic rings. The zero-order valence-corrected chi connectivity index (χ0v) is 14.4. The molecule has 1 aliphatic heterocycles. The molecule has 1 aromatic carbocycles. The Labute approximate surface area is 139 Å². The SMILES string of the molecule is COc1cc(CN2CCCCC2CN)cc(OC)c1OC.Cl. The van der Waals surface area contributed by atoms with Gasteiger partial charge in [-0.05, 0) is 37.1 Å². The van der Waals surface area contributed by atoms with Crippen molar-refractivity contribution in [3.63, 3.8) is 0 Å². The lowest BCUT2D eigenvalue weighted by atomic mass is 10.0. The minimum absolute atomic E-state index is 0. The minimum Gasteiger partial charge on any atom is -0.493 e. The van der Waals surface area contributed by atoms with E-state index in [2.05, 4.69) is 4.90 Å². The van der Waals surface area contributed by atoms with E-state index in [4.69, 9.17) is 19.9 Å². The molecule has 1 unspecified atom stereocenters. The first-order valence-corrected chi connectivity index (χ1v) is 7.46. The Morgan fingerprint density at radius 2 is 1.73 bits per heavy atom. The first-order chi connectivity index (χ1) is 10.2. The summed E-state index contributed by atoms with van der Waals surface area (Å²) in [5, 5.41) is 0. The predicted molar refractivity (Wildman–Crippen MR) is 90.4 cm³/mol. The van der Waals surface area contributed by atoms with Crippen molar-refractivity contribution in [2.24, 2.45) is 5.73 Å². The second-order valence-corrected chi connectivity index (χ2v) is 5.39. The highest BCUT2D eigenvalue weighted by molar-refractivity contribution is 5.85. The first-order valence-electron chi connectivity index (χ1n) is 7.46. The van der Waals surface area contributed by atoms with Gasteiger partial charge in [-0.3, -0.25) is 4.90 Å². The number of ether oxygens (including phenoxy) is 3. The molecule has 1 atom stereocenters. The lowest BCUT2D eigenvalue weighted by molar-refractivity contribution is 0.144. The third-order valence-electron chi connectivity index (χ3n) is 4.13. The van der Waals surface area contributed by atoms with Crippen LogP contribution in [-0.4, -0.2) is 45.4 Å². The highest BCUT2D eigenvalue weighted by Gasteiger charge is 2.22. The highest BCUT2D eigenvalue weighted by atomic mass is 35.5. The van der Waals surface area contributed by atoms with Gasteiger partial charge in [0.05, 0.1) is 21.3 Å². The van der Waals surface area contributed by atoms with E-state index in [-0.39, 0.29) is 12.4 Å². The van der Waals surface area contributed by atoms with Crippen LogP contribution in [0.1, 0.15) is 24.8 Å². The fourth-order valence-corrected chi connectivity index (χ4v) is 3.00. The average molecular weight is 331 g/mol. The van der Waals surface area contributed by atoms with Crippen LogP contribution < -0.4 is 19.9 Å². The van der Waals surface area contributed by atoms with Gasteiger partial charge in [0.1, 0.15) is 0 Å². The van der Waals surface area contributed by atoms with Crippen LogP contribution in [-0.2, 0) is 6.54 Å². The number of nitrogens with two attached hydrogens (primary N) is 1. The molecule has 0 spiro atoms. The van der Waals surface area contributed by atoms with Crippen molar-refractivity contribution in [2.75, 3.05) is 34.4 Å². The van der Waals surface area contributed by atoms with Gasteiger partial charge in [0.2, 0.25) is 5.75 Å². The van der Waals surface area contributed by atoms with Crippen LogP contribution in [0.15, 0.2) is 12.1 Å². The summed E-state index contributed by atoms with van der Waals surface area (Å²) >= 11 is 0. The number of piperidine rings is 1. The summed E-state index contributed by atoms with van der Waals surface area (Å²) in [6.45, 7) is 2.67. The molecule has 22 heavy (non-hydrogen) atoms. The Morgan fingerprint density at radius 1 is 1.09 bits per heavy atom. The van der Waals surface area contributed by atoms with E-state index < -0.39 is 0 Å². The number of rotatable bonds is 6. The number of hydrogen-bond donors (Lipinski definition) is 1. The van der Waals surface area contributed by atoms with Crippen molar-refractivity contribution < 1.29 is 14.2 Å². The molecule has 0 aromatic heterocycles. The van der Waals surface area contributed by atoms with E-state index in [1.807, 2.05) is 12.1 Å². The quantitative estimate of drug-likeness (QED) is 0.868. The van der Waals surface area contributed by atoms with Gasteiger partial charge in [-0.2, -0.15) is 0 Å². The van der Waals surface area contributed by atoms with Gasteiger partial charge in [-0.1, -0.05) is 6.42 Å². The molecule has 2 N–H and O–H groups in total. The fourth-order valence-electron chi connectivity index (χ4n) is 3.00. The molecular weight excluding hydrogens is 304 g/mol. The van der Waals surface area contributed by atoms with Crippen molar-refractivity contribution in [1.82, 2.24) is 4.90 Å². The number of benzene rings is 1. The molecule has 5 nitrogen and oxygen atoms in total. The summed E-state index contributed by atoms with van der Waals surface area (Å²) in [6, 6.07) is 4.51. The third kappa shape index (κ3) is 4.18. The van der Waals surface area contributed by atoms with Crippen molar-refractivity contribution in [2.45, 2.75) is 31.8 Å². The number of nitrogens with zero attached hydrogens (tertiary/aromatic N) is 1. The van der Waals surface area contributed by atoms with Crippen LogP contribution in [0.2, 0.25) is 0 Å². The van der Waals surface area contributed by atoms with Gasteiger partial charge in [-0.25, -0.2) is 0 Å². The molecule has 0 radical (unpaired) electrons. The Bertz CT molecular complexity index is 446. The standard InChI is InChI=1S/C16H26N2O3.ClH/c1-19-14-8-12(9-15(20-2)16(14)21-3)11-18-7-5-4-6-13(18)10-17;/h8-9,13H,4-7,10-11,17H2,1-3H3;1H. The van der Waals surface area contributed by atoms with Gasteiger partial charge >= 0.3 is 0 Å². The number of methoxy groups -OCH3 is 3. The van der Waals surface area contributed by atoms with Crippen molar-refractivity contribution in [3.05, 3.63) is 17.7 Å². The second-order valence-electron chi connectivity index (χ2n) is 5.39. The Hall–Kier alpha value is -1.17. The number of halogens is 1. The summed E-state index contributed by atoms with van der Waals surface area (Å²) in [5.41, 5.74) is 7.05. The van der Waals surface area contributed by atoms with Crippen LogP contribution in [0.5, 0.6) is 17.2 Å². The molecule has 0 amide bonds. The average Bonchev–Trinajstić information content (AvgIpc) is 2.54. The molecule has 6 heteroatoms. The smallest absolute Gasteiger partial charge is 0.203 e. The summed E-state index contributed by atoms with van der Waals surface area (Å²) in [6.07, 6.45) is 3.69. The van der Waals surface area contributed by atoms with E-state index in [0.717, 1.165) is 18.7 Å². The largest absolute Gasteiger partial charge is 0.493 e. The van der Waals surface area contributed by atoms with Gasteiger partial charge < -0.3 is 19.9 Å². The van der Waals surface area contributed by atoms with Gasteiger partial charge in [-0.15, -0.1) is 12.4 Å². The highest BCUT2D eigenvalue weighted by Crippen LogP contribution is 2.38. The topological polar surface area (TPSA) is 57.0 Å². The summed E-state index contributed by atoms with van der Waals surface area (Å²) in [4.78, 5) is 2.45. The Morgan fingerprint density at radius 3 is 2.23 bits per heavy atom. The molecule has 1 heterocycles. The predicted octanol–water partition coefficient (Wildman–Crippen LogP) is 2.45. The van der Waals surface area contributed by atoms with Gasteiger partial charge in [0.25, 0.3) is 0 Å². The summed E-state index contributed by atoms with van der Waals surface area (Å²) in [7, 11) is 4.91. The van der Waals surface area contributed by atoms with Crippen LogP contribution in [0, 0.1) is 0 Å². The van der Waals surface area contributed by atoms with Crippen LogP contribution in [0.3, 0.4) is 0 Å². The monoisotopic (exact) mass is 330 g/mol. The van der Waals surface area contributed by atoms with Crippen LogP contribution in [0.4, 0.5) is 0 Å². The molecule has 0 aliphatic carbocycles. The van der Waals surface area contributed by atoms with Crippen molar-refractivity contribution >= 4 is 12.4 Å². The number of hydrogen-bond acceptors (Lipinski definition) is 5. The third-order valence-corrected chi connectivity index (χ3v) is 4.13. The summed E-state index contributed by atoms with van der Waals surface area (Å²) < 4.78 is 16.2. The molecule has 1 saturated heterocycles. The van der Waals surface area contributed by atoms with Gasteiger partial charge in [0.15, 0.2) is 11.5 Å². The summed E-state index contributed by atoms with van der Waals surface area (Å²) in [5.74, 6) is 2.04. The molecule has 0 saturated carbocycles. The molecule has 2 rings (SSSR count).